The van der Waals surface area contributed by atoms with Crippen molar-refractivity contribution in [3.63, 3.8) is 0 Å². The Morgan fingerprint density at radius 1 is 0.833 bits per heavy atom. The van der Waals surface area contributed by atoms with Crippen LogP contribution < -0.4 is 19.5 Å². The molecule has 2 saturated heterocycles. The van der Waals surface area contributed by atoms with Gasteiger partial charge in [0.25, 0.3) is 5.92 Å². The van der Waals surface area contributed by atoms with E-state index in [-0.39, 0.29) is 17.0 Å². The lowest BCUT2D eigenvalue weighted by Gasteiger charge is -2.42. The number of ether oxygens (including phenoxy) is 3. The lowest BCUT2D eigenvalue weighted by atomic mass is 9.89. The topological polar surface area (TPSA) is 123 Å². The van der Waals surface area contributed by atoms with Crippen molar-refractivity contribution in [3.8, 4) is 11.5 Å². The van der Waals surface area contributed by atoms with Crippen LogP contribution in [0.5, 0.6) is 11.5 Å². The van der Waals surface area contributed by atoms with Crippen LogP contribution in [0.15, 0.2) is 53.4 Å². The molecule has 0 aromatic heterocycles. The van der Waals surface area contributed by atoms with E-state index < -0.39 is 57.2 Å². The van der Waals surface area contributed by atoms with Gasteiger partial charge in [0.05, 0.1) is 17.6 Å². The van der Waals surface area contributed by atoms with E-state index in [2.05, 4.69) is 17.0 Å². The molecule has 4 aliphatic rings. The summed E-state index contributed by atoms with van der Waals surface area (Å²) < 4.78 is 80.9. The third-order valence-electron chi connectivity index (χ3n) is 11.4. The molecule has 0 radical (unpaired) electrons. The monoisotopic (exact) mass is 773 g/mol. The predicted octanol–water partition coefficient (Wildman–Crippen LogP) is 8.09. The van der Waals surface area contributed by atoms with Crippen molar-refractivity contribution in [1.82, 2.24) is 14.9 Å². The van der Waals surface area contributed by atoms with Crippen LogP contribution in [0.25, 0.3) is 0 Å². The minimum absolute atomic E-state index is 0.000884. The fourth-order valence-corrected chi connectivity index (χ4v) is 9.72. The van der Waals surface area contributed by atoms with Crippen LogP contribution in [-0.4, -0.2) is 67.8 Å². The maximum atomic E-state index is 16.8. The van der Waals surface area contributed by atoms with E-state index in [1.807, 2.05) is 0 Å². The van der Waals surface area contributed by atoms with Crippen LogP contribution in [0.1, 0.15) is 117 Å². The summed E-state index contributed by atoms with van der Waals surface area (Å²) in [6.45, 7) is 8.02. The number of alkyl carbamates (subject to hydrolysis) is 1. The number of carbonyl (C=O) groups excluding carboxylic acids is 2. The van der Waals surface area contributed by atoms with Crippen molar-refractivity contribution >= 4 is 22.0 Å². The average Bonchev–Trinajstić information content (AvgIpc) is 3.40. The van der Waals surface area contributed by atoms with Gasteiger partial charge in [-0.15, -0.1) is 0 Å². The van der Waals surface area contributed by atoms with Gasteiger partial charge in [0.2, 0.25) is 15.9 Å². The third kappa shape index (κ3) is 10.0. The van der Waals surface area contributed by atoms with E-state index in [9.17, 15) is 18.0 Å². The van der Waals surface area contributed by atoms with Crippen LogP contribution >= 0.6 is 0 Å². The second kappa shape index (κ2) is 16.7. The molecule has 2 aromatic carbocycles. The first-order valence-corrected chi connectivity index (χ1v) is 21.3. The second-order valence-electron chi connectivity index (χ2n) is 16.9. The quantitative estimate of drug-likeness (QED) is 0.224. The fraction of sp³-hybridized carbons (Fsp3) is 0.659. The van der Waals surface area contributed by atoms with Crippen molar-refractivity contribution in [2.45, 2.75) is 158 Å². The average molecular weight is 774 g/mol. The molecular formula is C41H57F2N3O7S. The number of hydrogen-bond donors (Lipinski definition) is 2. The standard InChI is InChI=1S/C41H57F2N3O7S/c1-27-10-16-34(17-11-27)52-35-18-12-29(13-19-35)41(42,43)37(38(47)46-31-14-15-32(46)25-30(24-31)44-39(48)53-40(2,3)4)45-54(49,50)36-22-20-33(21-23-36)51-26-28-8-6-5-7-9-28/h12-13,18-23,27-28,30-32,34,37,45H,5-11,14-17,24-26H2,1-4H3,(H,44,48). The van der Waals surface area contributed by atoms with Crippen molar-refractivity contribution in [2.75, 3.05) is 6.61 Å². The summed E-state index contributed by atoms with van der Waals surface area (Å²) in [5.74, 6) is -2.93. The van der Waals surface area contributed by atoms with Gasteiger partial charge in [-0.05, 0) is 145 Å². The zero-order valence-electron chi connectivity index (χ0n) is 32.0. The Morgan fingerprint density at radius 2 is 1.43 bits per heavy atom. The van der Waals surface area contributed by atoms with E-state index >= 15 is 8.78 Å². The first-order valence-electron chi connectivity index (χ1n) is 19.8. The van der Waals surface area contributed by atoms with E-state index in [1.165, 1.54) is 72.7 Å². The summed E-state index contributed by atoms with van der Waals surface area (Å²) in [5.41, 5.74) is -1.20. The molecule has 4 fully saturated rings. The maximum absolute atomic E-state index is 16.8. The number of rotatable bonds is 12. The number of benzene rings is 2. The van der Waals surface area contributed by atoms with Crippen LogP contribution in [0.3, 0.4) is 0 Å². The molecule has 2 saturated carbocycles. The number of halogens is 2. The van der Waals surface area contributed by atoms with Gasteiger partial charge in [0.1, 0.15) is 17.1 Å². The number of fused-ring (bicyclic) bond motifs is 2. The molecule has 2 aromatic rings. The molecule has 10 nitrogen and oxygen atoms in total. The van der Waals surface area contributed by atoms with Crippen molar-refractivity contribution in [1.29, 1.82) is 0 Å². The molecular weight excluding hydrogens is 717 g/mol. The summed E-state index contributed by atoms with van der Waals surface area (Å²) in [5, 5.41) is 2.87. The number of carbonyl (C=O) groups is 2. The summed E-state index contributed by atoms with van der Waals surface area (Å²) in [7, 11) is -4.61. The Kier molecular flexibility index (Phi) is 12.5. The highest BCUT2D eigenvalue weighted by Gasteiger charge is 2.54. The van der Waals surface area contributed by atoms with E-state index in [1.54, 1.807) is 20.8 Å². The molecule has 3 atom stereocenters. The molecule has 2 aliphatic carbocycles. The number of piperidine rings is 1. The van der Waals surface area contributed by atoms with Crippen molar-refractivity contribution in [3.05, 3.63) is 54.1 Å². The SMILES string of the molecule is CC1CCC(Oc2ccc(C(F)(F)C(NS(=O)(=O)c3ccc(OCC4CCCCC4)cc3)C(=O)N3C4CCC3CC(NC(=O)OC(C)(C)C)C4)cc2)CC1. The number of nitrogens with zero attached hydrogens (tertiary/aromatic N) is 1. The number of hydrogen-bond acceptors (Lipinski definition) is 7. The predicted molar refractivity (Wildman–Crippen MR) is 201 cm³/mol. The summed E-state index contributed by atoms with van der Waals surface area (Å²) in [6.07, 6.45) is 10.8. The molecule has 13 heteroatoms. The summed E-state index contributed by atoms with van der Waals surface area (Å²) in [6, 6.07) is 7.30. The van der Waals surface area contributed by atoms with E-state index in [4.69, 9.17) is 14.2 Å². The van der Waals surface area contributed by atoms with Gasteiger partial charge in [0, 0.05) is 23.7 Å². The Labute approximate surface area is 319 Å². The molecule has 2 bridgehead atoms. The Balaban J connectivity index is 1.21. The summed E-state index contributed by atoms with van der Waals surface area (Å²) in [4.78, 5) is 28.1. The number of amides is 2. The summed E-state index contributed by atoms with van der Waals surface area (Å²) >= 11 is 0. The van der Waals surface area contributed by atoms with Gasteiger partial charge < -0.3 is 24.4 Å². The van der Waals surface area contributed by atoms with Gasteiger partial charge in [-0.25, -0.2) is 13.2 Å². The number of sulfonamides is 1. The Bertz CT molecular complexity index is 1670. The minimum atomic E-state index is -4.61. The third-order valence-corrected chi connectivity index (χ3v) is 12.9. The normalized spacial score (nSPS) is 25.8. The molecule has 54 heavy (non-hydrogen) atoms. The zero-order valence-corrected chi connectivity index (χ0v) is 32.8. The van der Waals surface area contributed by atoms with Crippen molar-refractivity contribution < 1.29 is 41.0 Å². The maximum Gasteiger partial charge on any atom is 0.407 e. The Morgan fingerprint density at radius 3 is 2.02 bits per heavy atom. The van der Waals surface area contributed by atoms with Crippen LogP contribution in [0.4, 0.5) is 13.6 Å². The highest BCUT2D eigenvalue weighted by molar-refractivity contribution is 7.89. The molecule has 6 rings (SSSR count). The first-order chi connectivity index (χ1) is 25.6. The molecule has 2 heterocycles. The van der Waals surface area contributed by atoms with Crippen molar-refractivity contribution in [2.24, 2.45) is 11.8 Å². The van der Waals surface area contributed by atoms with Crippen LogP contribution in [-0.2, 0) is 25.5 Å². The first kappa shape index (κ1) is 40.2. The Hall–Kier alpha value is -3.45. The lowest BCUT2D eigenvalue weighted by Crippen LogP contribution is -2.61. The molecule has 2 amide bonds. The molecule has 2 N–H and O–H groups in total. The number of nitrogens with one attached hydrogen (secondary N) is 2. The van der Waals surface area contributed by atoms with Gasteiger partial charge in [-0.3, -0.25) is 4.79 Å². The zero-order chi connectivity index (χ0) is 38.7. The molecule has 0 spiro atoms. The van der Waals surface area contributed by atoms with E-state index in [0.717, 1.165) is 38.5 Å². The fourth-order valence-electron chi connectivity index (χ4n) is 8.53. The van der Waals surface area contributed by atoms with Gasteiger partial charge in [-0.1, -0.05) is 26.2 Å². The van der Waals surface area contributed by atoms with Gasteiger partial charge in [0.15, 0.2) is 6.04 Å². The highest BCUT2D eigenvalue weighted by Crippen LogP contribution is 2.41. The van der Waals surface area contributed by atoms with Gasteiger partial charge >= 0.3 is 6.09 Å². The van der Waals surface area contributed by atoms with E-state index in [0.29, 0.717) is 55.6 Å². The highest BCUT2D eigenvalue weighted by atomic mass is 32.2. The lowest BCUT2D eigenvalue weighted by molar-refractivity contribution is -0.149. The molecule has 2 aliphatic heterocycles. The molecule has 298 valence electrons. The number of alkyl halides is 2. The smallest absolute Gasteiger partial charge is 0.407 e. The van der Waals surface area contributed by atoms with Crippen LogP contribution in [0.2, 0.25) is 0 Å². The van der Waals surface area contributed by atoms with Gasteiger partial charge in [-0.2, -0.15) is 13.5 Å². The largest absolute Gasteiger partial charge is 0.493 e. The van der Waals surface area contributed by atoms with Crippen LogP contribution in [0, 0.1) is 11.8 Å². The minimum Gasteiger partial charge on any atom is -0.493 e. The molecule has 3 unspecified atom stereocenters. The second-order valence-corrected chi connectivity index (χ2v) is 18.6.